The van der Waals surface area contributed by atoms with E-state index in [-0.39, 0.29) is 22.8 Å². The first-order chi connectivity index (χ1) is 16.3. The first-order valence-corrected chi connectivity index (χ1v) is 13.6. The van der Waals surface area contributed by atoms with Crippen LogP contribution in [0.3, 0.4) is 0 Å². The van der Waals surface area contributed by atoms with Crippen LogP contribution in [0.15, 0.2) is 48.2 Å². The molecule has 34 heavy (non-hydrogen) atoms. The van der Waals surface area contributed by atoms with E-state index in [1.54, 1.807) is 35.1 Å². The number of rotatable bonds is 13. The number of nitrogens with two attached hydrogens (primary N) is 1. The fourth-order valence-corrected chi connectivity index (χ4v) is 6.68. The lowest BCUT2D eigenvalue weighted by molar-refractivity contribution is -0.138. The van der Waals surface area contributed by atoms with E-state index in [4.69, 9.17) is 10.8 Å². The molecule has 1 aromatic rings. The van der Waals surface area contributed by atoms with E-state index in [9.17, 15) is 18.8 Å². The van der Waals surface area contributed by atoms with E-state index in [1.165, 1.54) is 16.9 Å². The molecule has 1 heterocycles. The minimum atomic E-state index is -1.13. The fraction of sp³-hybridized carbons (Fsp3) is 0.458. The van der Waals surface area contributed by atoms with Crippen molar-refractivity contribution in [2.75, 3.05) is 18.8 Å². The normalized spacial score (nSPS) is 19.0. The molecule has 1 aliphatic heterocycles. The molecule has 1 amide bonds. The Hall–Kier alpha value is -2.30. The molecule has 3 rings (SSSR count). The first-order valence-electron chi connectivity index (χ1n) is 11.2. The quantitative estimate of drug-likeness (QED) is 0.276. The van der Waals surface area contributed by atoms with E-state index in [0.29, 0.717) is 36.5 Å². The number of carboxylic acids is 1. The molecule has 2 atom stereocenters. The third kappa shape index (κ3) is 7.10. The number of amides is 1. The van der Waals surface area contributed by atoms with Crippen molar-refractivity contribution in [2.45, 2.75) is 43.5 Å². The average Bonchev–Trinajstić information content (AvgIpc) is 3.65. The van der Waals surface area contributed by atoms with Gasteiger partial charge in [0, 0.05) is 35.6 Å². The van der Waals surface area contributed by atoms with Crippen molar-refractivity contribution in [1.29, 1.82) is 0 Å². The number of hydrogen-bond donors (Lipinski definition) is 3. The molecule has 0 bridgehead atoms. The maximum atomic E-state index is 14.3. The highest BCUT2D eigenvalue weighted by Crippen LogP contribution is 2.43. The number of carbonyl (C=O) groups excluding carboxylic acids is 2. The molecule has 1 aromatic carbocycles. The lowest BCUT2D eigenvalue weighted by atomic mass is 9.94. The van der Waals surface area contributed by atoms with Crippen molar-refractivity contribution >= 4 is 39.2 Å². The third-order valence-corrected chi connectivity index (χ3v) is 8.61. The topological polar surface area (TPSA) is 113 Å². The number of hydrogen-bond acceptors (Lipinski definition) is 7. The average molecular weight is 508 g/mol. The molecule has 0 spiro atoms. The number of ketones is 1. The van der Waals surface area contributed by atoms with Crippen LogP contribution in [0.4, 0.5) is 4.39 Å². The van der Waals surface area contributed by atoms with Gasteiger partial charge in [-0.15, -0.1) is 6.58 Å². The zero-order valence-electron chi connectivity index (χ0n) is 18.9. The molecular weight excluding hydrogens is 477 g/mol. The molecular formula is C24H30FN3O4S2. The molecule has 0 radical (unpaired) electrons. The summed E-state index contributed by atoms with van der Waals surface area (Å²) in [5, 5.41) is 11.0. The second-order valence-corrected chi connectivity index (χ2v) is 11.0. The number of Topliss-reactive ketones (excluding diaryl/α,β-unsaturated/α-hetero) is 1. The number of nitrogens with one attached hydrogen (secondary N) is 1. The highest BCUT2D eigenvalue weighted by Gasteiger charge is 2.39. The van der Waals surface area contributed by atoms with E-state index in [1.807, 2.05) is 4.90 Å². The Kier molecular flexibility index (Phi) is 9.61. The molecule has 1 aliphatic carbocycles. The highest BCUT2D eigenvalue weighted by molar-refractivity contribution is 8.77. The zero-order valence-corrected chi connectivity index (χ0v) is 20.5. The third-order valence-electron chi connectivity index (χ3n) is 5.72. The molecule has 1 fully saturated rings. The number of carbonyl (C=O) groups is 3. The summed E-state index contributed by atoms with van der Waals surface area (Å²) < 4.78 is 14.3. The van der Waals surface area contributed by atoms with Crippen molar-refractivity contribution in [2.24, 2.45) is 11.7 Å². The minimum Gasteiger partial charge on any atom is -0.480 e. The smallest absolute Gasteiger partial charge is 0.322 e. The Bertz CT molecular complexity index is 967. The second-order valence-electron chi connectivity index (χ2n) is 8.39. The fourth-order valence-electron chi connectivity index (χ4n) is 3.81. The number of aliphatic carboxylic acids is 1. The van der Waals surface area contributed by atoms with Gasteiger partial charge in [-0.05, 0) is 37.3 Å². The summed E-state index contributed by atoms with van der Waals surface area (Å²) >= 11 is 0. The van der Waals surface area contributed by atoms with Gasteiger partial charge in [0.2, 0.25) is 5.91 Å². The maximum Gasteiger partial charge on any atom is 0.322 e. The van der Waals surface area contributed by atoms with Gasteiger partial charge in [0.1, 0.15) is 12.4 Å². The van der Waals surface area contributed by atoms with Crippen LogP contribution in [0, 0.1) is 11.7 Å². The van der Waals surface area contributed by atoms with E-state index in [0.717, 1.165) is 24.8 Å². The lowest BCUT2D eigenvalue weighted by Crippen LogP contribution is -2.44. The van der Waals surface area contributed by atoms with Crippen molar-refractivity contribution in [3.05, 3.63) is 59.6 Å². The monoisotopic (exact) mass is 507 g/mol. The molecule has 10 heteroatoms. The number of carboxylic acid groups (broad SMARTS) is 1. The van der Waals surface area contributed by atoms with Gasteiger partial charge in [0.25, 0.3) is 0 Å². The summed E-state index contributed by atoms with van der Waals surface area (Å²) in [6, 6.07) is 5.79. The van der Waals surface area contributed by atoms with Gasteiger partial charge in [-0.2, -0.15) is 0 Å². The molecule has 2 unspecified atom stereocenters. The molecule has 4 N–H and O–H groups in total. The number of benzene rings is 1. The Balaban J connectivity index is 1.73. The Labute approximate surface area is 206 Å². The lowest BCUT2D eigenvalue weighted by Gasteiger charge is -2.37. The van der Waals surface area contributed by atoms with Crippen LogP contribution in [0.1, 0.15) is 31.2 Å². The molecule has 2 aliphatic rings. The predicted molar refractivity (Wildman–Crippen MR) is 133 cm³/mol. The first kappa shape index (κ1) is 26.3. The second kappa shape index (κ2) is 12.4. The van der Waals surface area contributed by atoms with Gasteiger partial charge >= 0.3 is 5.97 Å². The molecule has 7 nitrogen and oxygen atoms in total. The van der Waals surface area contributed by atoms with E-state index in [2.05, 4.69) is 11.9 Å². The number of nitrogens with zero attached hydrogens (tertiary/aromatic N) is 1. The van der Waals surface area contributed by atoms with Crippen molar-refractivity contribution in [3.63, 3.8) is 0 Å². The minimum absolute atomic E-state index is 0.0284. The summed E-state index contributed by atoms with van der Waals surface area (Å²) in [5.74, 6) is -1.47. The summed E-state index contributed by atoms with van der Waals surface area (Å²) in [6.07, 6.45) is 4.85. The molecule has 0 aromatic heterocycles. The Morgan fingerprint density at radius 1 is 1.29 bits per heavy atom. The van der Waals surface area contributed by atoms with Crippen LogP contribution in [0.5, 0.6) is 0 Å². The van der Waals surface area contributed by atoms with Crippen molar-refractivity contribution in [3.8, 4) is 0 Å². The van der Waals surface area contributed by atoms with Crippen LogP contribution < -0.4 is 11.1 Å². The van der Waals surface area contributed by atoms with Crippen LogP contribution in [-0.2, 0) is 20.9 Å². The van der Waals surface area contributed by atoms with Gasteiger partial charge in [0.15, 0.2) is 5.78 Å². The standard InChI is InChI=1S/C24H30FN3O4S2/c1-2-5-17-20(34-33-14-19(26)24(32)27-12-21(29)30)10-11-28(22(17)23(31)15-8-9-15)13-16-6-3-4-7-18(16)25/h2-4,6-7,15,19-20H,1,5,8-14,26H2,(H,27,32)(H,29,30). The van der Waals surface area contributed by atoms with Gasteiger partial charge in [-0.25, -0.2) is 4.39 Å². The highest BCUT2D eigenvalue weighted by atomic mass is 33.1. The number of allylic oxidation sites excluding steroid dienone is 2. The number of halogens is 1. The van der Waals surface area contributed by atoms with Gasteiger partial charge in [-0.1, -0.05) is 45.9 Å². The molecule has 0 saturated heterocycles. The van der Waals surface area contributed by atoms with Gasteiger partial charge < -0.3 is 21.1 Å². The summed E-state index contributed by atoms with van der Waals surface area (Å²) in [6.45, 7) is 4.35. The van der Waals surface area contributed by atoms with Crippen LogP contribution >= 0.6 is 21.6 Å². The molecule has 184 valence electrons. The summed E-state index contributed by atoms with van der Waals surface area (Å²) in [7, 11) is 2.99. The predicted octanol–water partition coefficient (Wildman–Crippen LogP) is 3.12. The van der Waals surface area contributed by atoms with E-state index >= 15 is 0 Å². The molecule has 1 saturated carbocycles. The summed E-state index contributed by atoms with van der Waals surface area (Å²) in [5.41, 5.74) is 8.11. The van der Waals surface area contributed by atoms with Crippen LogP contribution in [0.2, 0.25) is 0 Å². The SMILES string of the molecule is C=CCC1=C(C(=O)C2CC2)N(Cc2ccccc2F)CCC1SSCC(N)C(=O)NCC(=O)O. The van der Waals surface area contributed by atoms with Crippen molar-refractivity contribution < 1.29 is 23.9 Å². The Morgan fingerprint density at radius 3 is 2.68 bits per heavy atom. The van der Waals surface area contributed by atoms with Crippen molar-refractivity contribution in [1.82, 2.24) is 10.2 Å². The Morgan fingerprint density at radius 2 is 2.03 bits per heavy atom. The van der Waals surface area contributed by atoms with Gasteiger partial charge in [-0.3, -0.25) is 14.4 Å². The van der Waals surface area contributed by atoms with E-state index < -0.39 is 24.5 Å². The largest absolute Gasteiger partial charge is 0.480 e. The zero-order chi connectivity index (χ0) is 24.7. The van der Waals surface area contributed by atoms with Crippen LogP contribution in [0.25, 0.3) is 0 Å². The summed E-state index contributed by atoms with van der Waals surface area (Å²) in [4.78, 5) is 37.9. The van der Waals surface area contributed by atoms with Gasteiger partial charge in [0.05, 0.1) is 11.7 Å². The van der Waals surface area contributed by atoms with Crippen LogP contribution in [-0.4, -0.2) is 57.8 Å². The maximum absolute atomic E-state index is 14.3.